The first-order valence-electron chi connectivity index (χ1n) is 9.90. The van der Waals surface area contributed by atoms with Crippen LogP contribution < -0.4 is 10.6 Å². The van der Waals surface area contributed by atoms with Gasteiger partial charge in [0, 0.05) is 24.9 Å². The Morgan fingerprint density at radius 2 is 2.00 bits per heavy atom. The molecule has 2 aromatic carbocycles. The molecule has 4 rings (SSSR count). The lowest BCUT2D eigenvalue weighted by Crippen LogP contribution is -2.39. The van der Waals surface area contributed by atoms with Crippen LogP contribution in [0, 0.1) is 5.82 Å². The minimum absolute atomic E-state index is 0. The number of hydrogen-bond acceptors (Lipinski definition) is 2. The maximum Gasteiger partial charge on any atom is 0.191 e. The number of nitrogens with zero attached hydrogens (tertiary/aromatic N) is 2. The van der Waals surface area contributed by atoms with Gasteiger partial charge in [0.15, 0.2) is 5.96 Å². The van der Waals surface area contributed by atoms with Gasteiger partial charge in [0.05, 0.1) is 17.6 Å². The van der Waals surface area contributed by atoms with E-state index in [-0.39, 0.29) is 35.2 Å². The second-order valence-corrected chi connectivity index (χ2v) is 7.36. The van der Waals surface area contributed by atoms with Crippen LogP contribution in [0.4, 0.5) is 4.39 Å². The third-order valence-electron chi connectivity index (χ3n) is 5.27. The van der Waals surface area contributed by atoms with Gasteiger partial charge in [-0.25, -0.2) is 9.37 Å². The molecular formula is C22H27FIN5. The molecular weight excluding hydrogens is 480 g/mol. The van der Waals surface area contributed by atoms with Crippen LogP contribution in [0.15, 0.2) is 53.5 Å². The van der Waals surface area contributed by atoms with Gasteiger partial charge in [-0.15, -0.1) is 24.0 Å². The fourth-order valence-corrected chi connectivity index (χ4v) is 3.50. The lowest BCUT2D eigenvalue weighted by atomic mass is 9.96. The number of nitrogens with one attached hydrogen (secondary N) is 3. The number of aromatic amines is 1. The van der Waals surface area contributed by atoms with Gasteiger partial charge in [-0.1, -0.05) is 24.3 Å². The molecule has 1 saturated carbocycles. The number of guanidine groups is 1. The number of rotatable bonds is 7. The summed E-state index contributed by atoms with van der Waals surface area (Å²) in [7, 11) is 0. The van der Waals surface area contributed by atoms with E-state index < -0.39 is 0 Å². The molecule has 0 radical (unpaired) electrons. The van der Waals surface area contributed by atoms with Crippen LogP contribution in [0.5, 0.6) is 0 Å². The third-order valence-corrected chi connectivity index (χ3v) is 5.27. The lowest BCUT2D eigenvalue weighted by molar-refractivity contribution is 0.615. The van der Waals surface area contributed by atoms with E-state index in [0.717, 1.165) is 60.7 Å². The van der Waals surface area contributed by atoms with Crippen molar-refractivity contribution in [2.24, 2.45) is 4.99 Å². The normalized spacial score (nSPS) is 15.0. The Labute approximate surface area is 187 Å². The second-order valence-electron chi connectivity index (χ2n) is 7.36. The molecule has 29 heavy (non-hydrogen) atoms. The maximum absolute atomic E-state index is 13.6. The predicted molar refractivity (Wildman–Crippen MR) is 127 cm³/mol. The first-order chi connectivity index (χ1) is 13.7. The van der Waals surface area contributed by atoms with Crippen molar-refractivity contribution in [2.45, 2.75) is 31.6 Å². The monoisotopic (exact) mass is 507 g/mol. The van der Waals surface area contributed by atoms with E-state index in [1.807, 2.05) is 30.3 Å². The zero-order valence-electron chi connectivity index (χ0n) is 16.5. The van der Waals surface area contributed by atoms with Gasteiger partial charge in [0.25, 0.3) is 0 Å². The first kappa shape index (κ1) is 21.5. The molecule has 1 aromatic heterocycles. The number of imidazole rings is 1. The molecule has 0 amide bonds. The summed E-state index contributed by atoms with van der Waals surface area (Å²) in [5.41, 5.74) is 3.09. The second kappa shape index (κ2) is 9.56. The number of halogens is 2. The van der Waals surface area contributed by atoms with Crippen LogP contribution >= 0.6 is 24.0 Å². The number of aliphatic imine (C=N–C) groups is 1. The molecule has 1 aliphatic carbocycles. The van der Waals surface area contributed by atoms with E-state index in [9.17, 15) is 4.39 Å². The molecule has 0 aliphatic heterocycles. The van der Waals surface area contributed by atoms with Crippen molar-refractivity contribution in [1.82, 2.24) is 20.6 Å². The van der Waals surface area contributed by atoms with Gasteiger partial charge in [-0.05, 0) is 49.6 Å². The molecule has 3 aromatic rings. The van der Waals surface area contributed by atoms with Crippen molar-refractivity contribution in [1.29, 1.82) is 0 Å². The molecule has 0 spiro atoms. The molecule has 154 valence electrons. The predicted octanol–water partition coefficient (Wildman–Crippen LogP) is 4.15. The third kappa shape index (κ3) is 5.26. The number of aromatic nitrogens is 2. The van der Waals surface area contributed by atoms with Crippen LogP contribution in [-0.2, 0) is 11.8 Å². The van der Waals surface area contributed by atoms with Gasteiger partial charge in [0.1, 0.15) is 11.6 Å². The van der Waals surface area contributed by atoms with Crippen molar-refractivity contribution in [3.8, 4) is 0 Å². The zero-order chi connectivity index (χ0) is 19.4. The van der Waals surface area contributed by atoms with E-state index in [1.165, 1.54) is 6.07 Å². The van der Waals surface area contributed by atoms with Gasteiger partial charge >= 0.3 is 0 Å². The minimum atomic E-state index is -0.177. The Morgan fingerprint density at radius 3 is 2.72 bits per heavy atom. The molecule has 0 saturated heterocycles. The quantitative estimate of drug-likeness (QED) is 0.256. The summed E-state index contributed by atoms with van der Waals surface area (Å²) >= 11 is 0. The highest BCUT2D eigenvalue weighted by molar-refractivity contribution is 14.0. The average Bonchev–Trinajstić information content (AvgIpc) is 3.38. The molecule has 0 atom stereocenters. The molecule has 1 heterocycles. The van der Waals surface area contributed by atoms with Gasteiger partial charge in [-0.3, -0.25) is 4.99 Å². The average molecular weight is 507 g/mol. The summed E-state index contributed by atoms with van der Waals surface area (Å²) in [6.07, 6.45) is 2.89. The van der Waals surface area contributed by atoms with E-state index in [2.05, 4.69) is 27.5 Å². The van der Waals surface area contributed by atoms with E-state index in [0.29, 0.717) is 6.54 Å². The zero-order valence-corrected chi connectivity index (χ0v) is 18.9. The van der Waals surface area contributed by atoms with Crippen molar-refractivity contribution in [3.05, 3.63) is 65.7 Å². The Balaban J connectivity index is 0.00000240. The summed E-state index contributed by atoms with van der Waals surface area (Å²) in [6, 6.07) is 15.0. The number of fused-ring (bicyclic) bond motifs is 1. The van der Waals surface area contributed by atoms with Crippen LogP contribution in [0.1, 0.15) is 31.2 Å². The Morgan fingerprint density at radius 1 is 1.17 bits per heavy atom. The smallest absolute Gasteiger partial charge is 0.191 e. The summed E-state index contributed by atoms with van der Waals surface area (Å²) in [6.45, 7) is 4.24. The van der Waals surface area contributed by atoms with Gasteiger partial charge in [-0.2, -0.15) is 0 Å². The van der Waals surface area contributed by atoms with Crippen molar-refractivity contribution < 1.29 is 4.39 Å². The molecule has 1 aliphatic rings. The SMILES string of the molecule is CCNC(=NCC1(c2cccc(F)c2)CC1)NCCc1nc2ccccc2[nH]1.I. The minimum Gasteiger partial charge on any atom is -0.357 e. The number of benzene rings is 2. The number of H-pyrrole nitrogens is 1. The van der Waals surface area contributed by atoms with Gasteiger partial charge < -0.3 is 15.6 Å². The number of para-hydroxylation sites is 2. The van der Waals surface area contributed by atoms with Crippen molar-refractivity contribution in [3.63, 3.8) is 0 Å². The molecule has 3 N–H and O–H groups in total. The lowest BCUT2D eigenvalue weighted by Gasteiger charge is -2.16. The largest absolute Gasteiger partial charge is 0.357 e. The fourth-order valence-electron chi connectivity index (χ4n) is 3.50. The summed E-state index contributed by atoms with van der Waals surface area (Å²) in [5, 5.41) is 6.67. The van der Waals surface area contributed by atoms with Crippen LogP contribution in [-0.4, -0.2) is 35.6 Å². The van der Waals surface area contributed by atoms with E-state index in [4.69, 9.17) is 4.99 Å². The van der Waals surface area contributed by atoms with Gasteiger partial charge in [0.2, 0.25) is 0 Å². The summed E-state index contributed by atoms with van der Waals surface area (Å²) < 4.78 is 13.6. The Bertz CT molecular complexity index is 947. The highest BCUT2D eigenvalue weighted by atomic mass is 127. The van der Waals surface area contributed by atoms with Crippen LogP contribution in [0.25, 0.3) is 11.0 Å². The fraction of sp³-hybridized carbons (Fsp3) is 0.364. The van der Waals surface area contributed by atoms with Crippen molar-refractivity contribution >= 4 is 41.0 Å². The highest BCUT2D eigenvalue weighted by Gasteiger charge is 2.44. The Hall–Kier alpha value is -2.16. The van der Waals surface area contributed by atoms with E-state index in [1.54, 1.807) is 12.1 Å². The van der Waals surface area contributed by atoms with Crippen LogP contribution in [0.2, 0.25) is 0 Å². The summed E-state index contributed by atoms with van der Waals surface area (Å²) in [4.78, 5) is 12.7. The molecule has 0 unspecified atom stereocenters. The maximum atomic E-state index is 13.6. The van der Waals surface area contributed by atoms with E-state index >= 15 is 0 Å². The molecule has 0 bridgehead atoms. The molecule has 7 heteroatoms. The molecule has 1 fully saturated rings. The highest BCUT2D eigenvalue weighted by Crippen LogP contribution is 2.48. The topological polar surface area (TPSA) is 65.1 Å². The standard InChI is InChI=1S/C22H26FN5.HI/c1-2-24-21(25-13-10-20-27-18-8-3-4-9-19(18)28-20)26-15-22(11-12-22)16-6-5-7-17(23)14-16;/h3-9,14H,2,10-13,15H2,1H3,(H,27,28)(H2,24,25,26);1H. The Kier molecular flexibility index (Phi) is 7.10. The summed E-state index contributed by atoms with van der Waals surface area (Å²) in [5.74, 6) is 1.58. The first-order valence-corrected chi connectivity index (χ1v) is 9.90. The van der Waals surface area contributed by atoms with Crippen molar-refractivity contribution in [2.75, 3.05) is 19.6 Å². The van der Waals surface area contributed by atoms with Crippen LogP contribution in [0.3, 0.4) is 0 Å². The molecule has 5 nitrogen and oxygen atoms in total. The number of hydrogen-bond donors (Lipinski definition) is 3.